The number of sulfonamides is 1. The van der Waals surface area contributed by atoms with E-state index < -0.39 is 22.4 Å². The van der Waals surface area contributed by atoms with Gasteiger partial charge in [0, 0.05) is 26.2 Å². The molecule has 2 aliphatic heterocycles. The van der Waals surface area contributed by atoms with E-state index in [-0.39, 0.29) is 11.8 Å². The third kappa shape index (κ3) is 5.11. The molecule has 0 radical (unpaired) electrons. The molecule has 3 N–H and O–H groups in total. The summed E-state index contributed by atoms with van der Waals surface area (Å²) >= 11 is 0. The minimum atomic E-state index is -3.71. The van der Waals surface area contributed by atoms with Crippen LogP contribution in [0.2, 0.25) is 0 Å². The fraction of sp³-hybridized carbons (Fsp3) is 0.500. The molecule has 2 aromatic rings. The molecule has 9 nitrogen and oxygen atoms in total. The zero-order chi connectivity index (χ0) is 26.5. The first kappa shape index (κ1) is 25.2. The number of anilines is 3. The predicted octanol–water partition coefficient (Wildman–Crippen LogP) is 3.42. The largest absolute Gasteiger partial charge is 0.395 e. The first-order chi connectivity index (χ1) is 18.3. The van der Waals surface area contributed by atoms with Crippen molar-refractivity contribution >= 4 is 38.9 Å². The van der Waals surface area contributed by atoms with Crippen LogP contribution in [0.25, 0.3) is 0 Å². The van der Waals surface area contributed by atoms with Gasteiger partial charge in [-0.25, -0.2) is 8.42 Å². The van der Waals surface area contributed by atoms with E-state index in [2.05, 4.69) is 14.9 Å². The fourth-order valence-corrected chi connectivity index (χ4v) is 6.60. The Morgan fingerprint density at radius 1 is 1.08 bits per heavy atom. The summed E-state index contributed by atoms with van der Waals surface area (Å²) in [6.07, 6.45) is 6.92. The zero-order valence-electron chi connectivity index (χ0n) is 21.4. The van der Waals surface area contributed by atoms with Crippen molar-refractivity contribution in [2.24, 2.45) is 11.3 Å². The zero-order valence-corrected chi connectivity index (χ0v) is 22.2. The highest BCUT2D eigenvalue weighted by Crippen LogP contribution is 2.54. The number of benzene rings is 2. The molecule has 6 rings (SSSR count). The van der Waals surface area contributed by atoms with Gasteiger partial charge in [0.1, 0.15) is 0 Å². The number of carbonyl (C=O) groups excluding carboxylic acids is 2. The van der Waals surface area contributed by atoms with Gasteiger partial charge in [-0.15, -0.1) is 0 Å². The number of nitrogens with one attached hydrogen (secondary N) is 2. The van der Waals surface area contributed by atoms with Crippen LogP contribution in [0.1, 0.15) is 64.8 Å². The highest BCUT2D eigenvalue weighted by molar-refractivity contribution is 7.92. The molecule has 2 saturated carbocycles. The molecule has 1 saturated heterocycles. The molecular formula is C28H34N4O5S. The van der Waals surface area contributed by atoms with Gasteiger partial charge in [0.05, 0.1) is 40.5 Å². The molecule has 2 aromatic carbocycles. The van der Waals surface area contributed by atoms with Gasteiger partial charge in [0.25, 0.3) is 11.8 Å². The van der Waals surface area contributed by atoms with Crippen molar-refractivity contribution in [1.29, 1.82) is 0 Å². The van der Waals surface area contributed by atoms with E-state index in [1.54, 1.807) is 24.3 Å². The third-order valence-corrected chi connectivity index (χ3v) is 9.70. The van der Waals surface area contributed by atoms with Crippen LogP contribution in [-0.2, 0) is 16.6 Å². The van der Waals surface area contributed by atoms with E-state index in [4.69, 9.17) is 5.11 Å². The predicted molar refractivity (Wildman–Crippen MR) is 146 cm³/mol. The van der Waals surface area contributed by atoms with Gasteiger partial charge in [-0.05, 0) is 79.7 Å². The van der Waals surface area contributed by atoms with Crippen LogP contribution in [-0.4, -0.2) is 62.2 Å². The smallest absolute Gasteiger partial charge is 0.257 e. The lowest BCUT2D eigenvalue weighted by Crippen LogP contribution is -2.36. The molecule has 3 fully saturated rings. The maximum atomic E-state index is 13.7. The molecule has 202 valence electrons. The van der Waals surface area contributed by atoms with Crippen molar-refractivity contribution in [1.82, 2.24) is 4.90 Å². The van der Waals surface area contributed by atoms with Crippen LogP contribution in [0.5, 0.6) is 0 Å². The number of fused-ring (bicyclic) bond motifs is 1. The summed E-state index contributed by atoms with van der Waals surface area (Å²) in [4.78, 5) is 30.9. The van der Waals surface area contributed by atoms with Crippen molar-refractivity contribution in [3.63, 3.8) is 0 Å². The van der Waals surface area contributed by atoms with Gasteiger partial charge in [-0.2, -0.15) is 0 Å². The van der Waals surface area contributed by atoms with Gasteiger partial charge < -0.3 is 20.2 Å². The number of hydrogen-bond acceptors (Lipinski definition) is 6. The standard InChI is InChI=1S/C28H34N4O5S/c33-14-15-38(36,37)30-21-6-7-22(24(16-21)31-12-10-28(8-9-28)11-13-31)26(34)29-23-3-1-2-20-18-32(17-19-4-5-19)27(35)25(20)23/h1-3,6-7,16,19,30,33H,4-5,8-15,17-18H2,(H,29,34). The van der Waals surface area contributed by atoms with Gasteiger partial charge in [0.2, 0.25) is 10.0 Å². The van der Waals surface area contributed by atoms with Crippen LogP contribution in [0, 0.1) is 11.3 Å². The summed E-state index contributed by atoms with van der Waals surface area (Å²) in [6, 6.07) is 10.5. The normalized spacial score (nSPS) is 20.0. The average molecular weight is 539 g/mol. The van der Waals surface area contributed by atoms with E-state index in [1.165, 1.54) is 12.8 Å². The van der Waals surface area contributed by atoms with Crippen LogP contribution in [0.3, 0.4) is 0 Å². The number of amides is 2. The molecule has 0 atom stereocenters. The molecule has 10 heteroatoms. The Morgan fingerprint density at radius 3 is 2.53 bits per heavy atom. The number of aliphatic hydroxyl groups excluding tert-OH is 1. The van der Waals surface area contributed by atoms with E-state index in [0.29, 0.717) is 46.1 Å². The molecule has 2 heterocycles. The summed E-state index contributed by atoms with van der Waals surface area (Å²) in [5.41, 5.74) is 3.87. The van der Waals surface area contributed by atoms with Crippen LogP contribution in [0.4, 0.5) is 17.1 Å². The van der Waals surface area contributed by atoms with Gasteiger partial charge in [0.15, 0.2) is 0 Å². The Hall–Kier alpha value is -3.11. The minimum absolute atomic E-state index is 0.0394. The first-order valence-corrected chi connectivity index (χ1v) is 15.1. The van der Waals surface area contributed by atoms with Crippen LogP contribution in [0.15, 0.2) is 36.4 Å². The fourth-order valence-electron chi connectivity index (χ4n) is 5.77. The lowest BCUT2D eigenvalue weighted by molar-refractivity contribution is 0.0771. The summed E-state index contributed by atoms with van der Waals surface area (Å²) in [5, 5.41) is 12.1. The van der Waals surface area contributed by atoms with Crippen molar-refractivity contribution in [3.8, 4) is 0 Å². The number of aliphatic hydroxyl groups is 1. The maximum absolute atomic E-state index is 13.7. The summed E-state index contributed by atoms with van der Waals surface area (Å²) < 4.78 is 27.1. The van der Waals surface area contributed by atoms with Crippen molar-refractivity contribution in [3.05, 3.63) is 53.1 Å². The highest BCUT2D eigenvalue weighted by Gasteiger charge is 2.44. The SMILES string of the molecule is O=C(Nc1cccc2c1C(=O)N(CC1CC1)C2)c1ccc(NS(=O)(=O)CCO)cc1N1CCC2(CC1)CC2. The van der Waals surface area contributed by atoms with E-state index >= 15 is 0 Å². The van der Waals surface area contributed by atoms with Crippen molar-refractivity contribution in [2.75, 3.05) is 46.9 Å². The number of nitrogens with zero attached hydrogens (tertiary/aromatic N) is 2. The molecule has 38 heavy (non-hydrogen) atoms. The van der Waals surface area contributed by atoms with Gasteiger partial charge in [-0.3, -0.25) is 14.3 Å². The third-order valence-electron chi connectivity index (χ3n) is 8.43. The Morgan fingerprint density at radius 2 is 1.84 bits per heavy atom. The Balaban J connectivity index is 1.27. The number of carbonyl (C=O) groups is 2. The van der Waals surface area contributed by atoms with Crippen molar-refractivity contribution < 1.29 is 23.1 Å². The first-order valence-electron chi connectivity index (χ1n) is 13.5. The van der Waals surface area contributed by atoms with E-state index in [0.717, 1.165) is 50.9 Å². The minimum Gasteiger partial charge on any atom is -0.395 e. The summed E-state index contributed by atoms with van der Waals surface area (Å²) in [7, 11) is -3.71. The Kier molecular flexibility index (Phi) is 6.34. The second kappa shape index (κ2) is 9.57. The molecule has 2 amide bonds. The second-order valence-electron chi connectivity index (χ2n) is 11.3. The topological polar surface area (TPSA) is 119 Å². The van der Waals surface area contributed by atoms with Crippen LogP contribution < -0.4 is 14.9 Å². The van der Waals surface area contributed by atoms with E-state index in [9.17, 15) is 18.0 Å². The molecule has 2 aliphatic carbocycles. The summed E-state index contributed by atoms with van der Waals surface area (Å²) in [6.45, 7) is 2.44. The number of rotatable bonds is 9. The molecule has 0 unspecified atom stereocenters. The number of hydrogen-bond donors (Lipinski definition) is 3. The molecular weight excluding hydrogens is 504 g/mol. The lowest BCUT2D eigenvalue weighted by Gasteiger charge is -2.35. The average Bonchev–Trinajstić information content (AvgIpc) is 3.81. The molecule has 0 aromatic heterocycles. The maximum Gasteiger partial charge on any atom is 0.257 e. The van der Waals surface area contributed by atoms with Gasteiger partial charge >= 0.3 is 0 Å². The number of piperidine rings is 1. The quantitative estimate of drug-likeness (QED) is 0.450. The summed E-state index contributed by atoms with van der Waals surface area (Å²) in [5.74, 6) is -0.191. The molecule has 1 spiro atoms. The highest BCUT2D eigenvalue weighted by atomic mass is 32.2. The molecule has 4 aliphatic rings. The van der Waals surface area contributed by atoms with E-state index in [1.807, 2.05) is 17.0 Å². The van der Waals surface area contributed by atoms with Crippen molar-refractivity contribution in [2.45, 2.75) is 45.1 Å². The molecule has 0 bridgehead atoms. The Bertz CT molecular complexity index is 1370. The Labute approximate surface area is 223 Å². The van der Waals surface area contributed by atoms with Gasteiger partial charge in [-0.1, -0.05) is 12.1 Å². The van der Waals surface area contributed by atoms with Crippen LogP contribution >= 0.6 is 0 Å². The second-order valence-corrected chi connectivity index (χ2v) is 13.1. The lowest BCUT2D eigenvalue weighted by atomic mass is 9.93. The monoisotopic (exact) mass is 538 g/mol.